The van der Waals surface area contributed by atoms with Gasteiger partial charge in [-0.2, -0.15) is 0 Å². The third-order valence-electron chi connectivity index (χ3n) is 7.03. The number of carbonyl (C=O) groups excluding carboxylic acids is 1. The molecule has 1 aromatic heterocycles. The average molecular weight is 460 g/mol. The first-order chi connectivity index (χ1) is 16.6. The fraction of sp³-hybridized carbons (Fsp3) is 0.444. The number of rotatable bonds is 5. The van der Waals surface area contributed by atoms with Gasteiger partial charge in [0.05, 0.1) is 10.9 Å². The molecular formula is C27H33N5O2. The summed E-state index contributed by atoms with van der Waals surface area (Å²) in [6.45, 7) is 7.33. The van der Waals surface area contributed by atoms with E-state index < -0.39 is 0 Å². The highest BCUT2D eigenvalue weighted by Gasteiger charge is 2.23. The molecule has 5 rings (SSSR count). The maximum Gasteiger partial charge on any atom is 0.262 e. The van der Waals surface area contributed by atoms with Gasteiger partial charge < -0.3 is 14.7 Å². The SMILES string of the molecule is Cc1cccc(N2CCN(C(=O)CCn3c(N4CCCCC4)nc4ccccc4c3=O)CC2)c1. The van der Waals surface area contributed by atoms with Crippen molar-refractivity contribution in [3.63, 3.8) is 0 Å². The van der Waals surface area contributed by atoms with Crippen molar-refractivity contribution >= 4 is 28.4 Å². The Labute approximate surface area is 200 Å². The van der Waals surface area contributed by atoms with Crippen molar-refractivity contribution in [1.29, 1.82) is 0 Å². The predicted molar refractivity (Wildman–Crippen MR) is 137 cm³/mol. The first kappa shape index (κ1) is 22.4. The van der Waals surface area contributed by atoms with E-state index in [2.05, 4.69) is 41.0 Å². The monoisotopic (exact) mass is 459 g/mol. The van der Waals surface area contributed by atoms with Gasteiger partial charge in [0.1, 0.15) is 0 Å². The van der Waals surface area contributed by atoms with Crippen LogP contribution >= 0.6 is 0 Å². The number of amides is 1. The zero-order valence-corrected chi connectivity index (χ0v) is 19.9. The quantitative estimate of drug-likeness (QED) is 0.585. The van der Waals surface area contributed by atoms with Gasteiger partial charge in [0.2, 0.25) is 11.9 Å². The molecule has 34 heavy (non-hydrogen) atoms. The van der Waals surface area contributed by atoms with E-state index in [1.807, 2.05) is 29.2 Å². The molecule has 2 fully saturated rings. The van der Waals surface area contributed by atoms with E-state index in [1.165, 1.54) is 17.7 Å². The maximum absolute atomic E-state index is 13.4. The van der Waals surface area contributed by atoms with Crippen LogP contribution in [0.15, 0.2) is 53.3 Å². The lowest BCUT2D eigenvalue weighted by atomic mass is 10.1. The number of piperazine rings is 1. The normalized spacial score (nSPS) is 16.8. The Morgan fingerprint density at radius 3 is 2.41 bits per heavy atom. The molecule has 0 aliphatic carbocycles. The summed E-state index contributed by atoms with van der Waals surface area (Å²) in [5.74, 6) is 0.814. The highest BCUT2D eigenvalue weighted by molar-refractivity contribution is 5.79. The third kappa shape index (κ3) is 4.65. The number of hydrogen-bond acceptors (Lipinski definition) is 5. The molecule has 7 heteroatoms. The molecular weight excluding hydrogens is 426 g/mol. The van der Waals surface area contributed by atoms with Crippen molar-refractivity contribution in [3.8, 4) is 0 Å². The van der Waals surface area contributed by atoms with Crippen LogP contribution in [0, 0.1) is 6.92 Å². The molecule has 1 amide bonds. The number of aryl methyl sites for hydroxylation is 1. The summed E-state index contributed by atoms with van der Waals surface area (Å²) in [7, 11) is 0. The number of benzene rings is 2. The summed E-state index contributed by atoms with van der Waals surface area (Å²) in [5.41, 5.74) is 3.13. The first-order valence-electron chi connectivity index (χ1n) is 12.4. The van der Waals surface area contributed by atoms with Gasteiger partial charge in [0.15, 0.2) is 0 Å². The smallest absolute Gasteiger partial charge is 0.262 e. The van der Waals surface area contributed by atoms with E-state index in [1.54, 1.807) is 4.57 Å². The number of piperidine rings is 1. The lowest BCUT2D eigenvalue weighted by molar-refractivity contribution is -0.131. The molecule has 0 saturated carbocycles. The number of carbonyl (C=O) groups is 1. The van der Waals surface area contributed by atoms with Gasteiger partial charge in [-0.25, -0.2) is 4.98 Å². The van der Waals surface area contributed by atoms with Gasteiger partial charge in [-0.15, -0.1) is 0 Å². The molecule has 0 atom stereocenters. The van der Waals surface area contributed by atoms with Crippen LogP contribution in [0.2, 0.25) is 0 Å². The van der Waals surface area contributed by atoms with Crippen LogP contribution in [0.3, 0.4) is 0 Å². The van der Waals surface area contributed by atoms with Crippen LogP contribution in [0.25, 0.3) is 10.9 Å². The largest absolute Gasteiger partial charge is 0.368 e. The van der Waals surface area contributed by atoms with E-state index in [0.29, 0.717) is 37.4 Å². The molecule has 7 nitrogen and oxygen atoms in total. The standard InChI is InChI=1S/C27H33N5O2/c1-21-8-7-9-22(20-21)29-16-18-30(19-17-29)25(33)12-15-32-26(34)23-10-3-4-11-24(23)28-27(32)31-13-5-2-6-14-31/h3-4,7-11,20H,2,5-6,12-19H2,1H3. The van der Waals surface area contributed by atoms with E-state index in [4.69, 9.17) is 4.98 Å². The molecule has 3 heterocycles. The fourth-order valence-electron chi connectivity index (χ4n) is 5.10. The Morgan fingerprint density at radius 2 is 1.65 bits per heavy atom. The number of hydrogen-bond donors (Lipinski definition) is 0. The Morgan fingerprint density at radius 1 is 0.882 bits per heavy atom. The van der Waals surface area contributed by atoms with Crippen LogP contribution in [-0.2, 0) is 11.3 Å². The molecule has 2 aliphatic rings. The Bertz CT molecular complexity index is 1220. The molecule has 3 aromatic rings. The number of fused-ring (bicyclic) bond motifs is 1. The number of nitrogens with zero attached hydrogens (tertiary/aromatic N) is 5. The second-order valence-electron chi connectivity index (χ2n) is 9.39. The molecule has 0 bridgehead atoms. The van der Waals surface area contributed by atoms with E-state index in [0.717, 1.165) is 44.5 Å². The minimum atomic E-state index is -0.0526. The fourth-order valence-corrected chi connectivity index (χ4v) is 5.10. The maximum atomic E-state index is 13.4. The summed E-state index contributed by atoms with van der Waals surface area (Å²) in [4.78, 5) is 37.8. The van der Waals surface area contributed by atoms with E-state index >= 15 is 0 Å². The molecule has 2 saturated heterocycles. The zero-order valence-electron chi connectivity index (χ0n) is 19.9. The molecule has 2 aromatic carbocycles. The second-order valence-corrected chi connectivity index (χ2v) is 9.39. The Balaban J connectivity index is 1.29. The van der Waals surface area contributed by atoms with Crippen molar-refractivity contribution in [2.45, 2.75) is 39.2 Å². The average Bonchev–Trinajstić information content (AvgIpc) is 2.88. The highest BCUT2D eigenvalue weighted by Crippen LogP contribution is 2.21. The molecule has 0 unspecified atom stereocenters. The third-order valence-corrected chi connectivity index (χ3v) is 7.03. The van der Waals surface area contributed by atoms with E-state index in [-0.39, 0.29) is 11.5 Å². The molecule has 0 spiro atoms. The number of para-hydroxylation sites is 1. The zero-order chi connectivity index (χ0) is 23.5. The number of anilines is 2. The molecule has 0 radical (unpaired) electrons. The summed E-state index contributed by atoms with van der Waals surface area (Å²) < 4.78 is 1.73. The minimum absolute atomic E-state index is 0.0526. The molecule has 2 aliphatic heterocycles. The molecule has 0 N–H and O–H groups in total. The van der Waals surface area contributed by atoms with Crippen LogP contribution in [0.1, 0.15) is 31.2 Å². The van der Waals surface area contributed by atoms with Gasteiger partial charge in [0.25, 0.3) is 5.56 Å². The van der Waals surface area contributed by atoms with Crippen LogP contribution in [0.4, 0.5) is 11.6 Å². The van der Waals surface area contributed by atoms with Crippen LogP contribution < -0.4 is 15.4 Å². The minimum Gasteiger partial charge on any atom is -0.368 e. The van der Waals surface area contributed by atoms with Gasteiger partial charge in [-0.1, -0.05) is 24.3 Å². The summed E-state index contributed by atoms with van der Waals surface area (Å²) in [5, 5.41) is 0.613. The van der Waals surface area contributed by atoms with Crippen molar-refractivity contribution in [2.75, 3.05) is 49.1 Å². The van der Waals surface area contributed by atoms with E-state index in [9.17, 15) is 9.59 Å². The highest BCUT2D eigenvalue weighted by atomic mass is 16.2. The van der Waals surface area contributed by atoms with Gasteiger partial charge in [-0.05, 0) is 56.0 Å². The van der Waals surface area contributed by atoms with Crippen molar-refractivity contribution in [1.82, 2.24) is 14.5 Å². The second kappa shape index (κ2) is 9.87. The Kier molecular flexibility index (Phi) is 6.52. The predicted octanol–water partition coefficient (Wildman–Crippen LogP) is 3.43. The lowest BCUT2D eigenvalue weighted by Crippen LogP contribution is -2.49. The van der Waals surface area contributed by atoms with Crippen molar-refractivity contribution < 1.29 is 4.79 Å². The van der Waals surface area contributed by atoms with Gasteiger partial charge >= 0.3 is 0 Å². The van der Waals surface area contributed by atoms with Crippen LogP contribution in [-0.4, -0.2) is 59.6 Å². The Hall–Kier alpha value is -3.35. The topological polar surface area (TPSA) is 61.7 Å². The lowest BCUT2D eigenvalue weighted by Gasteiger charge is -2.36. The summed E-state index contributed by atoms with van der Waals surface area (Å²) >= 11 is 0. The number of aromatic nitrogens is 2. The van der Waals surface area contributed by atoms with Crippen molar-refractivity contribution in [3.05, 3.63) is 64.4 Å². The summed E-state index contributed by atoms with van der Waals surface area (Å²) in [6.07, 6.45) is 3.73. The first-order valence-corrected chi connectivity index (χ1v) is 12.4. The summed E-state index contributed by atoms with van der Waals surface area (Å²) in [6, 6.07) is 16.0. The van der Waals surface area contributed by atoms with Crippen LogP contribution in [0.5, 0.6) is 0 Å². The molecule has 178 valence electrons. The van der Waals surface area contributed by atoms with Gasteiger partial charge in [0, 0.05) is 57.9 Å². The van der Waals surface area contributed by atoms with Gasteiger partial charge in [-0.3, -0.25) is 14.2 Å². The van der Waals surface area contributed by atoms with Crippen molar-refractivity contribution in [2.24, 2.45) is 0 Å².